The van der Waals surface area contributed by atoms with Crippen molar-refractivity contribution in [2.24, 2.45) is 5.92 Å². The lowest BCUT2D eigenvalue weighted by Gasteiger charge is -2.38. The third kappa shape index (κ3) is 1.48. The van der Waals surface area contributed by atoms with Crippen molar-refractivity contribution >= 4 is 17.5 Å². The number of pyridine rings is 1. The molecule has 0 saturated carbocycles. The first kappa shape index (κ1) is 8.80. The van der Waals surface area contributed by atoms with Crippen molar-refractivity contribution in [3.8, 4) is 0 Å². The number of carboxylic acid groups (broad SMARTS) is 1. The first-order valence-electron chi connectivity index (χ1n) is 4.36. The molecule has 0 atom stereocenters. The highest BCUT2D eigenvalue weighted by Crippen LogP contribution is 2.24. The smallest absolute Gasteiger partial charge is 0.310 e. The van der Waals surface area contributed by atoms with Gasteiger partial charge < -0.3 is 15.7 Å². The number of aliphatic carboxylic acids is 1. The van der Waals surface area contributed by atoms with E-state index in [1.165, 1.54) is 0 Å². The second-order valence-corrected chi connectivity index (χ2v) is 3.38. The molecule has 1 aromatic heterocycles. The number of anilines is 2. The van der Waals surface area contributed by atoms with Gasteiger partial charge in [0.25, 0.3) is 0 Å². The Bertz CT molecular complexity index is 344. The summed E-state index contributed by atoms with van der Waals surface area (Å²) in [6.07, 6.45) is 1.66. The Morgan fingerprint density at radius 3 is 2.79 bits per heavy atom. The molecule has 0 bridgehead atoms. The van der Waals surface area contributed by atoms with Crippen LogP contribution in [-0.2, 0) is 4.79 Å². The Morgan fingerprint density at radius 1 is 1.57 bits per heavy atom. The van der Waals surface area contributed by atoms with Crippen molar-refractivity contribution in [2.45, 2.75) is 0 Å². The lowest BCUT2D eigenvalue weighted by Crippen LogP contribution is -2.50. The van der Waals surface area contributed by atoms with E-state index in [1.54, 1.807) is 12.3 Å². The lowest BCUT2D eigenvalue weighted by atomic mass is 10.00. The Kier molecular flexibility index (Phi) is 1.99. The van der Waals surface area contributed by atoms with Gasteiger partial charge in [-0.1, -0.05) is 0 Å². The van der Waals surface area contributed by atoms with Crippen molar-refractivity contribution in [3.05, 3.63) is 18.3 Å². The molecule has 0 radical (unpaired) electrons. The molecule has 1 fully saturated rings. The summed E-state index contributed by atoms with van der Waals surface area (Å²) in [4.78, 5) is 16.5. The van der Waals surface area contributed by atoms with Crippen LogP contribution in [0.1, 0.15) is 0 Å². The molecular formula is C9H11N3O2. The molecule has 0 amide bonds. The van der Waals surface area contributed by atoms with Crippen molar-refractivity contribution in [3.63, 3.8) is 0 Å². The number of aromatic nitrogens is 1. The Labute approximate surface area is 81.2 Å². The van der Waals surface area contributed by atoms with Crippen LogP contribution in [0.5, 0.6) is 0 Å². The van der Waals surface area contributed by atoms with Gasteiger partial charge >= 0.3 is 5.97 Å². The summed E-state index contributed by atoms with van der Waals surface area (Å²) in [5.74, 6) is -0.499. The van der Waals surface area contributed by atoms with E-state index in [0.717, 1.165) is 5.69 Å². The van der Waals surface area contributed by atoms with Gasteiger partial charge in [-0.05, 0) is 12.1 Å². The fourth-order valence-electron chi connectivity index (χ4n) is 1.43. The van der Waals surface area contributed by atoms with Gasteiger partial charge in [0.1, 0.15) is 5.82 Å². The third-order valence-corrected chi connectivity index (χ3v) is 2.37. The molecule has 0 aromatic carbocycles. The SMILES string of the molecule is Nc1ccc(N2CC(C(=O)O)C2)cn1. The van der Waals surface area contributed by atoms with Crippen LogP contribution in [0.15, 0.2) is 18.3 Å². The molecule has 0 aliphatic carbocycles. The molecule has 74 valence electrons. The van der Waals surface area contributed by atoms with E-state index in [9.17, 15) is 4.79 Å². The van der Waals surface area contributed by atoms with Crippen molar-refractivity contribution in [1.82, 2.24) is 4.98 Å². The largest absolute Gasteiger partial charge is 0.481 e. The molecule has 1 aliphatic rings. The maximum atomic E-state index is 10.6. The molecule has 3 N–H and O–H groups in total. The van der Waals surface area contributed by atoms with Gasteiger partial charge in [0.05, 0.1) is 17.8 Å². The number of hydrogen-bond donors (Lipinski definition) is 2. The van der Waals surface area contributed by atoms with Crippen LogP contribution in [0.2, 0.25) is 0 Å². The molecule has 1 aliphatic heterocycles. The average molecular weight is 193 g/mol. The van der Waals surface area contributed by atoms with Gasteiger partial charge in [-0.2, -0.15) is 0 Å². The van der Waals surface area contributed by atoms with Crippen LogP contribution in [0.3, 0.4) is 0 Å². The summed E-state index contributed by atoms with van der Waals surface area (Å²) in [7, 11) is 0. The molecule has 2 heterocycles. The van der Waals surface area contributed by atoms with Gasteiger partial charge in [-0.15, -0.1) is 0 Å². The quantitative estimate of drug-likeness (QED) is 0.700. The van der Waals surface area contributed by atoms with E-state index < -0.39 is 5.97 Å². The van der Waals surface area contributed by atoms with Gasteiger partial charge in [-0.25, -0.2) is 4.98 Å². The fourth-order valence-corrected chi connectivity index (χ4v) is 1.43. The molecule has 5 nitrogen and oxygen atoms in total. The number of nitrogen functional groups attached to an aromatic ring is 1. The van der Waals surface area contributed by atoms with Crippen LogP contribution in [0.4, 0.5) is 11.5 Å². The number of hydrogen-bond acceptors (Lipinski definition) is 4. The maximum Gasteiger partial charge on any atom is 0.310 e. The number of carboxylic acids is 1. The van der Waals surface area contributed by atoms with Crippen molar-refractivity contribution in [1.29, 1.82) is 0 Å². The predicted octanol–water partition coefficient (Wildman–Crippen LogP) is 0.185. The van der Waals surface area contributed by atoms with Gasteiger partial charge in [0, 0.05) is 13.1 Å². The lowest BCUT2D eigenvalue weighted by molar-refractivity contribution is -0.142. The summed E-state index contributed by atoms with van der Waals surface area (Å²) in [6, 6.07) is 3.56. The summed E-state index contributed by atoms with van der Waals surface area (Å²) in [5, 5.41) is 8.68. The molecule has 14 heavy (non-hydrogen) atoms. The fraction of sp³-hybridized carbons (Fsp3) is 0.333. The number of nitrogens with zero attached hydrogens (tertiary/aromatic N) is 2. The molecule has 1 aromatic rings. The highest BCUT2D eigenvalue weighted by atomic mass is 16.4. The van der Waals surface area contributed by atoms with Gasteiger partial charge in [-0.3, -0.25) is 4.79 Å². The standard InChI is InChI=1S/C9H11N3O2/c10-8-2-1-7(3-11-8)12-4-6(5-12)9(13)14/h1-3,6H,4-5H2,(H2,10,11)(H,13,14). The molecule has 0 spiro atoms. The second-order valence-electron chi connectivity index (χ2n) is 3.38. The zero-order valence-electron chi connectivity index (χ0n) is 7.55. The Balaban J connectivity index is 2.00. The summed E-state index contributed by atoms with van der Waals surface area (Å²) >= 11 is 0. The summed E-state index contributed by atoms with van der Waals surface area (Å²) in [6.45, 7) is 1.11. The highest BCUT2D eigenvalue weighted by molar-refractivity contribution is 5.74. The Morgan fingerprint density at radius 2 is 2.29 bits per heavy atom. The van der Waals surface area contributed by atoms with Crippen LogP contribution in [0.25, 0.3) is 0 Å². The number of rotatable bonds is 2. The predicted molar refractivity (Wildman–Crippen MR) is 52.0 cm³/mol. The normalized spacial score (nSPS) is 16.4. The molecule has 1 saturated heterocycles. The molecule has 0 unspecified atom stereocenters. The van der Waals surface area contributed by atoms with E-state index >= 15 is 0 Å². The van der Waals surface area contributed by atoms with E-state index in [1.807, 2.05) is 11.0 Å². The molecule has 5 heteroatoms. The zero-order chi connectivity index (χ0) is 10.1. The third-order valence-electron chi connectivity index (χ3n) is 2.37. The van der Waals surface area contributed by atoms with Crippen molar-refractivity contribution in [2.75, 3.05) is 23.7 Å². The van der Waals surface area contributed by atoms with Gasteiger partial charge in [0.15, 0.2) is 0 Å². The van der Waals surface area contributed by atoms with Crippen molar-refractivity contribution < 1.29 is 9.90 Å². The topological polar surface area (TPSA) is 79.5 Å². The molecule has 2 rings (SSSR count). The summed E-state index contributed by atoms with van der Waals surface area (Å²) in [5.41, 5.74) is 6.37. The highest BCUT2D eigenvalue weighted by Gasteiger charge is 2.32. The first-order chi connectivity index (χ1) is 6.66. The number of carbonyl (C=O) groups is 1. The average Bonchev–Trinajstić information content (AvgIpc) is 2.05. The van der Waals surface area contributed by atoms with Crippen LogP contribution in [-0.4, -0.2) is 29.1 Å². The minimum absolute atomic E-state index is 0.243. The van der Waals surface area contributed by atoms with Crippen LogP contribution >= 0.6 is 0 Å². The molecular weight excluding hydrogens is 182 g/mol. The van der Waals surface area contributed by atoms with Gasteiger partial charge in [0.2, 0.25) is 0 Å². The summed E-state index contributed by atoms with van der Waals surface area (Å²) < 4.78 is 0. The Hall–Kier alpha value is -1.78. The maximum absolute atomic E-state index is 10.6. The minimum atomic E-state index is -0.732. The monoisotopic (exact) mass is 193 g/mol. The van der Waals surface area contributed by atoms with E-state index in [4.69, 9.17) is 10.8 Å². The van der Waals surface area contributed by atoms with E-state index in [-0.39, 0.29) is 5.92 Å². The van der Waals surface area contributed by atoms with Crippen LogP contribution < -0.4 is 10.6 Å². The zero-order valence-corrected chi connectivity index (χ0v) is 7.55. The number of nitrogens with two attached hydrogens (primary N) is 1. The first-order valence-corrected chi connectivity index (χ1v) is 4.36. The second kappa shape index (κ2) is 3.17. The van der Waals surface area contributed by atoms with Crippen LogP contribution in [0, 0.1) is 5.92 Å². The minimum Gasteiger partial charge on any atom is -0.481 e. The van der Waals surface area contributed by atoms with E-state index in [0.29, 0.717) is 18.9 Å². The van der Waals surface area contributed by atoms with E-state index in [2.05, 4.69) is 4.98 Å².